The summed E-state index contributed by atoms with van der Waals surface area (Å²) in [6.45, 7) is -0.784. The van der Waals surface area contributed by atoms with Gasteiger partial charge in [0, 0.05) is 11.6 Å². The lowest BCUT2D eigenvalue weighted by molar-refractivity contribution is -0.154. The zero-order valence-electron chi connectivity index (χ0n) is 15.5. The second-order valence-corrected chi connectivity index (χ2v) is 7.12. The van der Waals surface area contributed by atoms with Gasteiger partial charge >= 0.3 is 5.97 Å². The van der Waals surface area contributed by atoms with Gasteiger partial charge in [-0.1, -0.05) is 36.4 Å². The van der Waals surface area contributed by atoms with Crippen molar-refractivity contribution in [3.05, 3.63) is 66.0 Å². The lowest BCUT2D eigenvalue weighted by Crippen LogP contribution is -2.59. The van der Waals surface area contributed by atoms with Crippen LogP contribution in [0.3, 0.4) is 0 Å². The largest absolute Gasteiger partial charge is 0.468 e. The van der Waals surface area contributed by atoms with E-state index in [2.05, 4.69) is 5.32 Å². The van der Waals surface area contributed by atoms with Gasteiger partial charge in [0.2, 0.25) is 11.8 Å². The highest BCUT2D eigenvalue weighted by Crippen LogP contribution is 2.50. The lowest BCUT2D eigenvalue weighted by atomic mass is 9.79. The minimum Gasteiger partial charge on any atom is -0.468 e. The number of hydrogen-bond acceptors (Lipinski definition) is 6. The quantitative estimate of drug-likeness (QED) is 0.593. The molecule has 2 aliphatic rings. The number of aliphatic hydroxyl groups excluding tert-OH is 1. The molecule has 8 heteroatoms. The molecule has 0 bridgehead atoms. The maximum Gasteiger partial charge on any atom is 0.329 e. The van der Waals surface area contributed by atoms with Crippen molar-refractivity contribution in [2.45, 2.75) is 11.6 Å². The number of hydrogen-bond donors (Lipinski definition) is 2. The van der Waals surface area contributed by atoms with Gasteiger partial charge in [-0.3, -0.25) is 14.9 Å². The molecule has 2 heterocycles. The number of amides is 2. The van der Waals surface area contributed by atoms with Gasteiger partial charge in [0.05, 0.1) is 31.2 Å². The number of carbonyl (C=O) groups is 3. The van der Waals surface area contributed by atoms with Crippen LogP contribution in [0.5, 0.6) is 0 Å². The first kappa shape index (κ1) is 19.2. The summed E-state index contributed by atoms with van der Waals surface area (Å²) in [7, 11) is 1.13. The number of nitrogens with zero attached hydrogens (tertiary/aromatic N) is 1. The topological polar surface area (TPSA) is 95.9 Å². The Morgan fingerprint density at radius 1 is 1.14 bits per heavy atom. The fourth-order valence-electron chi connectivity index (χ4n) is 4.41. The van der Waals surface area contributed by atoms with Crippen molar-refractivity contribution < 1.29 is 28.6 Å². The molecule has 2 aromatic carbocycles. The number of methoxy groups -OCH3 is 1. The maximum absolute atomic E-state index is 14.6. The summed E-state index contributed by atoms with van der Waals surface area (Å²) >= 11 is 0. The van der Waals surface area contributed by atoms with Gasteiger partial charge in [-0.05, 0) is 18.2 Å². The average molecular weight is 398 g/mol. The van der Waals surface area contributed by atoms with Crippen molar-refractivity contribution in [2.75, 3.05) is 18.6 Å². The standard InChI is InChI=1S/C21H19FN2O5/c1-29-20(28)21(11-25)16-15(17(23-21)13-9-5-6-10-14(13)22)18(26)24(19(16)27)12-7-3-2-4-8-12/h2-10,15-17,23,25H,11H2,1H3/t15-,16-,17-,21-/m1/s1. The zero-order valence-corrected chi connectivity index (χ0v) is 15.5. The van der Waals surface area contributed by atoms with Crippen LogP contribution in [-0.4, -0.2) is 42.1 Å². The molecule has 7 nitrogen and oxygen atoms in total. The van der Waals surface area contributed by atoms with Crippen molar-refractivity contribution in [1.29, 1.82) is 0 Å². The molecule has 0 spiro atoms. The predicted molar refractivity (Wildman–Crippen MR) is 100 cm³/mol. The molecule has 2 amide bonds. The third-order valence-corrected chi connectivity index (χ3v) is 5.71. The van der Waals surface area contributed by atoms with Gasteiger partial charge in [0.1, 0.15) is 5.82 Å². The fraction of sp³-hybridized carbons (Fsp3) is 0.286. The van der Waals surface area contributed by atoms with Gasteiger partial charge in [0.25, 0.3) is 0 Å². The molecule has 4 atom stereocenters. The first-order chi connectivity index (χ1) is 14.0. The molecular formula is C21H19FN2O5. The van der Waals surface area contributed by atoms with Crippen molar-refractivity contribution in [1.82, 2.24) is 5.32 Å². The summed E-state index contributed by atoms with van der Waals surface area (Å²) in [5.74, 6) is -4.99. The molecule has 29 heavy (non-hydrogen) atoms. The van der Waals surface area contributed by atoms with Gasteiger partial charge in [0.15, 0.2) is 5.54 Å². The van der Waals surface area contributed by atoms with Crippen LogP contribution in [-0.2, 0) is 19.1 Å². The number of halogens is 1. The molecular weight excluding hydrogens is 379 g/mol. The lowest BCUT2D eigenvalue weighted by Gasteiger charge is -2.30. The van der Waals surface area contributed by atoms with Gasteiger partial charge in [-0.25, -0.2) is 14.1 Å². The average Bonchev–Trinajstić information content (AvgIpc) is 3.23. The monoisotopic (exact) mass is 398 g/mol. The SMILES string of the molecule is COC(=O)[C@]1(CO)N[C@H](c2ccccc2F)[C@@H]2C(=O)N(c3ccccc3)C(=O)[C@@H]21. The van der Waals surface area contributed by atoms with Crippen LogP contribution < -0.4 is 10.2 Å². The van der Waals surface area contributed by atoms with E-state index in [0.29, 0.717) is 5.69 Å². The van der Waals surface area contributed by atoms with Crippen molar-refractivity contribution in [3.8, 4) is 0 Å². The van der Waals surface area contributed by atoms with Crippen LogP contribution in [0.4, 0.5) is 10.1 Å². The Morgan fingerprint density at radius 3 is 2.41 bits per heavy atom. The smallest absolute Gasteiger partial charge is 0.329 e. The molecule has 0 radical (unpaired) electrons. The number of rotatable bonds is 4. The van der Waals surface area contributed by atoms with E-state index >= 15 is 0 Å². The second-order valence-electron chi connectivity index (χ2n) is 7.12. The van der Waals surface area contributed by atoms with Crippen molar-refractivity contribution in [3.63, 3.8) is 0 Å². The normalized spacial score (nSPS) is 28.5. The van der Waals surface area contributed by atoms with Crippen molar-refractivity contribution >= 4 is 23.5 Å². The number of aliphatic hydroxyl groups is 1. The Balaban J connectivity index is 1.88. The molecule has 2 fully saturated rings. The van der Waals surface area contributed by atoms with Crippen LogP contribution in [0, 0.1) is 17.7 Å². The third-order valence-electron chi connectivity index (χ3n) is 5.71. The Morgan fingerprint density at radius 2 is 1.79 bits per heavy atom. The molecule has 0 saturated carbocycles. The summed E-state index contributed by atoms with van der Waals surface area (Å²) in [6, 6.07) is 13.1. The number of esters is 1. The highest BCUT2D eigenvalue weighted by Gasteiger charge is 2.69. The molecule has 0 unspecified atom stereocenters. The number of imide groups is 1. The van der Waals surface area contributed by atoms with Crippen LogP contribution in [0.15, 0.2) is 54.6 Å². The first-order valence-electron chi connectivity index (χ1n) is 9.10. The predicted octanol–water partition coefficient (Wildman–Crippen LogP) is 1.18. The third kappa shape index (κ3) is 2.67. The Labute approximate surface area is 166 Å². The molecule has 2 aliphatic heterocycles. The number of nitrogens with one attached hydrogen (secondary N) is 1. The van der Waals surface area contributed by atoms with E-state index in [1.807, 2.05) is 0 Å². The Kier molecular flexibility index (Phi) is 4.68. The minimum atomic E-state index is -1.86. The summed E-state index contributed by atoms with van der Waals surface area (Å²) in [5, 5.41) is 13.0. The number of fused-ring (bicyclic) bond motifs is 1. The van der Waals surface area contributed by atoms with Crippen molar-refractivity contribution in [2.24, 2.45) is 11.8 Å². The van der Waals surface area contributed by atoms with E-state index in [9.17, 15) is 23.9 Å². The van der Waals surface area contributed by atoms with E-state index in [1.165, 1.54) is 18.2 Å². The Bertz CT molecular complexity index is 982. The second kappa shape index (κ2) is 7.06. The number of carbonyl (C=O) groups excluding carboxylic acids is 3. The highest BCUT2D eigenvalue weighted by molar-refractivity contribution is 6.24. The van der Waals surface area contributed by atoms with Gasteiger partial charge in [-0.2, -0.15) is 0 Å². The molecule has 2 aromatic rings. The van der Waals surface area contributed by atoms with Crippen LogP contribution in [0.25, 0.3) is 0 Å². The van der Waals surface area contributed by atoms with E-state index < -0.39 is 53.6 Å². The molecule has 2 N–H and O–H groups in total. The van der Waals surface area contributed by atoms with Gasteiger partial charge in [-0.15, -0.1) is 0 Å². The number of para-hydroxylation sites is 1. The number of benzene rings is 2. The van der Waals surface area contributed by atoms with Crippen LogP contribution in [0.1, 0.15) is 11.6 Å². The summed E-state index contributed by atoms with van der Waals surface area (Å²) in [6.07, 6.45) is 0. The summed E-state index contributed by atoms with van der Waals surface area (Å²) < 4.78 is 19.4. The Hall–Kier alpha value is -3.10. The first-order valence-corrected chi connectivity index (χ1v) is 9.10. The minimum absolute atomic E-state index is 0.137. The van der Waals surface area contributed by atoms with Gasteiger partial charge < -0.3 is 9.84 Å². The van der Waals surface area contributed by atoms with E-state index in [1.54, 1.807) is 36.4 Å². The molecule has 4 rings (SSSR count). The van der Waals surface area contributed by atoms with E-state index in [0.717, 1.165) is 12.0 Å². The molecule has 0 aromatic heterocycles. The van der Waals surface area contributed by atoms with Crippen LogP contribution in [0.2, 0.25) is 0 Å². The van der Waals surface area contributed by atoms with E-state index in [-0.39, 0.29) is 5.56 Å². The van der Waals surface area contributed by atoms with Crippen LogP contribution >= 0.6 is 0 Å². The summed E-state index contributed by atoms with van der Waals surface area (Å²) in [4.78, 5) is 40.3. The maximum atomic E-state index is 14.6. The summed E-state index contributed by atoms with van der Waals surface area (Å²) in [5.41, 5.74) is -1.37. The number of ether oxygens (including phenoxy) is 1. The number of anilines is 1. The highest BCUT2D eigenvalue weighted by atomic mass is 19.1. The van der Waals surface area contributed by atoms with E-state index in [4.69, 9.17) is 4.74 Å². The fourth-order valence-corrected chi connectivity index (χ4v) is 4.41. The molecule has 0 aliphatic carbocycles. The molecule has 2 saturated heterocycles. The zero-order chi connectivity index (χ0) is 20.8. The molecule has 150 valence electrons.